The topological polar surface area (TPSA) is 52.6 Å². The second-order valence-corrected chi connectivity index (χ2v) is 3.89. The molecule has 1 aliphatic rings. The first-order chi connectivity index (χ1) is 7.08. The van der Waals surface area contributed by atoms with Crippen molar-refractivity contribution in [1.82, 2.24) is 0 Å². The lowest BCUT2D eigenvalue weighted by atomic mass is 9.94. The smallest absolute Gasteiger partial charge is 0.308 e. The molecule has 4 heteroatoms. The maximum Gasteiger partial charge on any atom is 0.308 e. The Morgan fingerprint density at radius 2 is 1.73 bits per heavy atom. The third-order valence-electron chi connectivity index (χ3n) is 2.53. The van der Waals surface area contributed by atoms with Crippen LogP contribution in [0.25, 0.3) is 0 Å². The van der Waals surface area contributed by atoms with E-state index in [1.807, 2.05) is 0 Å². The van der Waals surface area contributed by atoms with E-state index < -0.39 is 5.79 Å². The summed E-state index contributed by atoms with van der Waals surface area (Å²) in [4.78, 5) is 22.2. The molecule has 0 saturated heterocycles. The maximum absolute atomic E-state index is 11.3. The van der Waals surface area contributed by atoms with E-state index in [4.69, 9.17) is 9.47 Å². The third kappa shape index (κ3) is 3.53. The maximum atomic E-state index is 11.3. The molecular formula is C11H18O4. The van der Waals surface area contributed by atoms with Crippen LogP contribution < -0.4 is 0 Å². The molecule has 0 aromatic rings. The molecule has 0 spiro atoms. The summed E-state index contributed by atoms with van der Waals surface area (Å²) in [6.07, 6.45) is 4.53. The van der Waals surface area contributed by atoms with Crippen LogP contribution in [0.5, 0.6) is 0 Å². The molecule has 4 nitrogen and oxygen atoms in total. The molecule has 1 aliphatic carbocycles. The molecule has 15 heavy (non-hydrogen) atoms. The van der Waals surface area contributed by atoms with E-state index in [0.717, 1.165) is 19.3 Å². The zero-order chi connectivity index (χ0) is 11.3. The van der Waals surface area contributed by atoms with Crippen LogP contribution in [0, 0.1) is 0 Å². The van der Waals surface area contributed by atoms with Gasteiger partial charge in [-0.3, -0.25) is 9.59 Å². The molecule has 0 heterocycles. The number of rotatable bonds is 3. The molecule has 86 valence electrons. The van der Waals surface area contributed by atoms with E-state index in [1.54, 1.807) is 6.92 Å². The van der Waals surface area contributed by atoms with Crippen molar-refractivity contribution in [3.8, 4) is 0 Å². The minimum atomic E-state index is -0.975. The average molecular weight is 214 g/mol. The molecule has 0 radical (unpaired) electrons. The molecular weight excluding hydrogens is 196 g/mol. The first-order valence-electron chi connectivity index (χ1n) is 5.49. The van der Waals surface area contributed by atoms with Crippen LogP contribution in [0.15, 0.2) is 0 Å². The van der Waals surface area contributed by atoms with Gasteiger partial charge in [-0.1, -0.05) is 13.3 Å². The number of hydrogen-bond donors (Lipinski definition) is 0. The fourth-order valence-corrected chi connectivity index (χ4v) is 1.86. The Kier molecular flexibility index (Phi) is 4.12. The lowest BCUT2D eigenvalue weighted by molar-refractivity contribution is -0.237. The first kappa shape index (κ1) is 12.0. The molecule has 0 atom stereocenters. The first-order valence-corrected chi connectivity index (χ1v) is 5.49. The molecule has 1 rings (SSSR count). The summed E-state index contributed by atoms with van der Waals surface area (Å²) >= 11 is 0. The SMILES string of the molecule is CCC(=O)OC1(OC(C)=O)CCCCC1. The van der Waals surface area contributed by atoms with Crippen molar-refractivity contribution in [2.24, 2.45) is 0 Å². The molecule has 0 N–H and O–H groups in total. The van der Waals surface area contributed by atoms with Crippen molar-refractivity contribution in [3.05, 3.63) is 0 Å². The highest BCUT2D eigenvalue weighted by Crippen LogP contribution is 2.33. The number of ether oxygens (including phenoxy) is 2. The average Bonchev–Trinajstić information content (AvgIpc) is 2.17. The van der Waals surface area contributed by atoms with Gasteiger partial charge in [-0.15, -0.1) is 0 Å². The summed E-state index contributed by atoms with van der Waals surface area (Å²) in [7, 11) is 0. The van der Waals surface area contributed by atoms with Crippen molar-refractivity contribution in [1.29, 1.82) is 0 Å². The minimum Gasteiger partial charge on any atom is -0.423 e. The Morgan fingerprint density at radius 1 is 1.13 bits per heavy atom. The Balaban J connectivity index is 2.65. The van der Waals surface area contributed by atoms with E-state index in [1.165, 1.54) is 6.92 Å². The summed E-state index contributed by atoms with van der Waals surface area (Å²) in [5, 5.41) is 0. The van der Waals surface area contributed by atoms with E-state index in [9.17, 15) is 9.59 Å². The highest BCUT2D eigenvalue weighted by molar-refractivity contribution is 5.70. The van der Waals surface area contributed by atoms with Gasteiger partial charge in [0, 0.05) is 26.2 Å². The standard InChI is InChI=1S/C11H18O4/c1-3-10(13)15-11(14-9(2)12)7-5-4-6-8-11/h3-8H2,1-2H3. The molecule has 0 aromatic carbocycles. The highest BCUT2D eigenvalue weighted by atomic mass is 16.7. The summed E-state index contributed by atoms with van der Waals surface area (Å²) in [5.74, 6) is -1.67. The van der Waals surface area contributed by atoms with Crippen LogP contribution in [0.3, 0.4) is 0 Å². The Hall–Kier alpha value is -1.06. The quantitative estimate of drug-likeness (QED) is 0.533. The summed E-state index contributed by atoms with van der Waals surface area (Å²) in [6.45, 7) is 3.07. The van der Waals surface area contributed by atoms with Gasteiger partial charge < -0.3 is 9.47 Å². The van der Waals surface area contributed by atoms with Gasteiger partial charge in [0.25, 0.3) is 5.79 Å². The normalized spacial score (nSPS) is 19.3. The van der Waals surface area contributed by atoms with Gasteiger partial charge in [-0.25, -0.2) is 0 Å². The Labute approximate surface area is 89.9 Å². The fraction of sp³-hybridized carbons (Fsp3) is 0.818. The van der Waals surface area contributed by atoms with Crippen molar-refractivity contribution < 1.29 is 19.1 Å². The van der Waals surface area contributed by atoms with Gasteiger partial charge in [0.2, 0.25) is 0 Å². The monoisotopic (exact) mass is 214 g/mol. The van der Waals surface area contributed by atoms with E-state index in [0.29, 0.717) is 19.3 Å². The lowest BCUT2D eigenvalue weighted by Gasteiger charge is -2.35. The largest absolute Gasteiger partial charge is 0.423 e. The Bertz CT molecular complexity index is 241. The van der Waals surface area contributed by atoms with Gasteiger partial charge >= 0.3 is 11.9 Å². The second-order valence-electron chi connectivity index (χ2n) is 3.89. The van der Waals surface area contributed by atoms with Crippen molar-refractivity contribution in [2.75, 3.05) is 0 Å². The van der Waals surface area contributed by atoms with Crippen LogP contribution in [0.1, 0.15) is 52.4 Å². The van der Waals surface area contributed by atoms with Crippen molar-refractivity contribution >= 4 is 11.9 Å². The van der Waals surface area contributed by atoms with Gasteiger partial charge in [0.05, 0.1) is 0 Å². The molecule has 0 aromatic heterocycles. The fourth-order valence-electron chi connectivity index (χ4n) is 1.86. The van der Waals surface area contributed by atoms with Crippen molar-refractivity contribution in [3.63, 3.8) is 0 Å². The van der Waals surface area contributed by atoms with Gasteiger partial charge in [-0.05, 0) is 12.8 Å². The summed E-state index contributed by atoms with van der Waals surface area (Å²) in [6, 6.07) is 0. The molecule has 1 fully saturated rings. The molecule has 1 saturated carbocycles. The van der Waals surface area contributed by atoms with Crippen LogP contribution in [-0.2, 0) is 19.1 Å². The number of carbonyl (C=O) groups excluding carboxylic acids is 2. The van der Waals surface area contributed by atoms with E-state index in [-0.39, 0.29) is 11.9 Å². The minimum absolute atomic E-state index is 0.307. The highest BCUT2D eigenvalue weighted by Gasteiger charge is 2.38. The molecule has 0 amide bonds. The summed E-state index contributed by atoms with van der Waals surface area (Å²) in [5.41, 5.74) is 0. The zero-order valence-corrected chi connectivity index (χ0v) is 9.38. The Morgan fingerprint density at radius 3 is 2.20 bits per heavy atom. The number of esters is 2. The van der Waals surface area contributed by atoms with Gasteiger partial charge in [0.15, 0.2) is 0 Å². The van der Waals surface area contributed by atoms with E-state index in [2.05, 4.69) is 0 Å². The summed E-state index contributed by atoms with van der Waals surface area (Å²) < 4.78 is 10.4. The van der Waals surface area contributed by atoms with Crippen LogP contribution in [0.4, 0.5) is 0 Å². The predicted molar refractivity (Wildman–Crippen MR) is 54.0 cm³/mol. The van der Waals surface area contributed by atoms with Gasteiger partial charge in [-0.2, -0.15) is 0 Å². The molecule has 0 bridgehead atoms. The zero-order valence-electron chi connectivity index (χ0n) is 9.38. The predicted octanol–water partition coefficient (Wildman–Crippen LogP) is 2.16. The lowest BCUT2D eigenvalue weighted by Crippen LogP contribution is -2.41. The molecule has 0 unspecified atom stereocenters. The third-order valence-corrected chi connectivity index (χ3v) is 2.53. The number of carbonyl (C=O) groups is 2. The molecule has 0 aliphatic heterocycles. The van der Waals surface area contributed by atoms with Crippen LogP contribution in [0.2, 0.25) is 0 Å². The number of hydrogen-bond acceptors (Lipinski definition) is 4. The second kappa shape index (κ2) is 5.14. The van der Waals surface area contributed by atoms with Crippen LogP contribution in [-0.4, -0.2) is 17.7 Å². The van der Waals surface area contributed by atoms with Crippen LogP contribution >= 0.6 is 0 Å². The van der Waals surface area contributed by atoms with Gasteiger partial charge in [0.1, 0.15) is 0 Å². The van der Waals surface area contributed by atoms with Crippen molar-refractivity contribution in [2.45, 2.75) is 58.2 Å². The van der Waals surface area contributed by atoms with E-state index >= 15 is 0 Å².